The van der Waals surface area contributed by atoms with E-state index in [1.165, 1.54) is 18.9 Å². The third kappa shape index (κ3) is 3.95. The number of hydrogen-bond donors (Lipinski definition) is 1. The van der Waals surface area contributed by atoms with Crippen molar-refractivity contribution < 1.29 is 13.9 Å². The van der Waals surface area contributed by atoms with Crippen LogP contribution in [-0.4, -0.2) is 65.5 Å². The van der Waals surface area contributed by atoms with Gasteiger partial charge in [0, 0.05) is 48.1 Å². The zero-order valence-electron chi connectivity index (χ0n) is 20.9. The fourth-order valence-corrected chi connectivity index (χ4v) is 6.12. The summed E-state index contributed by atoms with van der Waals surface area (Å²) in [6.45, 7) is 3.40. The third-order valence-electron chi connectivity index (χ3n) is 8.17. The maximum Gasteiger partial charge on any atom is 0.143 e. The topological polar surface area (TPSA) is 66.5 Å². The molecule has 3 aliphatic heterocycles. The predicted molar refractivity (Wildman–Crippen MR) is 141 cm³/mol. The largest absolute Gasteiger partial charge is 0.491 e. The minimum atomic E-state index is -0.307. The van der Waals surface area contributed by atoms with Crippen LogP contribution in [0.5, 0.6) is 5.75 Å². The van der Waals surface area contributed by atoms with Gasteiger partial charge in [0.25, 0.3) is 0 Å². The first-order valence-corrected chi connectivity index (χ1v) is 13.1. The van der Waals surface area contributed by atoms with Crippen molar-refractivity contribution in [2.45, 2.75) is 38.0 Å². The SMILES string of the molecule is CN1C2CCC1CN(c1ccc3cc1OCCCOCc1cccc(F)c1-c1cc4c-3n[nH]c4cn1)C2. The summed E-state index contributed by atoms with van der Waals surface area (Å²) in [6.07, 6.45) is 4.97. The van der Waals surface area contributed by atoms with Gasteiger partial charge in [0.2, 0.25) is 0 Å². The van der Waals surface area contributed by atoms with Crippen molar-refractivity contribution in [1.29, 1.82) is 0 Å². The molecular weight excluding hydrogens is 469 g/mol. The van der Waals surface area contributed by atoms with Crippen molar-refractivity contribution in [3.63, 3.8) is 0 Å². The smallest absolute Gasteiger partial charge is 0.143 e. The number of piperazine rings is 1. The molecule has 2 saturated heterocycles. The maximum absolute atomic E-state index is 15.0. The van der Waals surface area contributed by atoms with E-state index in [0.717, 1.165) is 58.7 Å². The Morgan fingerprint density at radius 3 is 2.78 bits per heavy atom. The van der Waals surface area contributed by atoms with Crippen molar-refractivity contribution in [3.05, 3.63) is 60.0 Å². The molecule has 8 heteroatoms. The van der Waals surface area contributed by atoms with E-state index in [0.29, 0.717) is 43.2 Å². The zero-order chi connectivity index (χ0) is 24.9. The Morgan fingerprint density at radius 2 is 1.92 bits per heavy atom. The van der Waals surface area contributed by atoms with E-state index in [1.54, 1.807) is 12.3 Å². The molecule has 2 aromatic carbocycles. The fourth-order valence-electron chi connectivity index (χ4n) is 6.12. The second kappa shape index (κ2) is 9.11. The molecule has 37 heavy (non-hydrogen) atoms. The van der Waals surface area contributed by atoms with E-state index in [4.69, 9.17) is 9.47 Å². The second-order valence-electron chi connectivity index (χ2n) is 10.4. The van der Waals surface area contributed by atoms with Gasteiger partial charge in [0.1, 0.15) is 17.3 Å². The number of likely N-dealkylation sites (N-methyl/N-ethyl adjacent to an activating group) is 1. The van der Waals surface area contributed by atoms with Crippen LogP contribution in [0.1, 0.15) is 24.8 Å². The lowest BCUT2D eigenvalue weighted by Crippen LogP contribution is -2.52. The van der Waals surface area contributed by atoms with Crippen LogP contribution in [0.15, 0.2) is 48.7 Å². The van der Waals surface area contributed by atoms with Crippen molar-refractivity contribution in [2.24, 2.45) is 0 Å². The summed E-state index contributed by atoms with van der Waals surface area (Å²) < 4.78 is 27.4. The minimum absolute atomic E-state index is 0.307. The normalized spacial score (nSPS) is 21.9. The Balaban J connectivity index is 1.33. The molecule has 0 aliphatic carbocycles. The van der Waals surface area contributed by atoms with E-state index >= 15 is 4.39 Å². The molecule has 1 N–H and O–H groups in total. The zero-order valence-corrected chi connectivity index (χ0v) is 20.9. The van der Waals surface area contributed by atoms with Crippen molar-refractivity contribution in [1.82, 2.24) is 20.1 Å². The Kier molecular flexibility index (Phi) is 5.59. The standard InChI is InChI=1S/C29H30FN5O2/c1-34-20-7-8-21(34)16-35(15-20)26-9-6-18-12-27(26)37-11-3-10-36-17-19-4-2-5-23(30)28(19)24-13-22-25(14-31-24)32-33-29(18)22/h2,4-6,9,12-14,20-21H,3,7-8,10-11,15-17H2,1H3,(H,32,33). The quantitative estimate of drug-likeness (QED) is 0.397. The van der Waals surface area contributed by atoms with Crippen LogP contribution < -0.4 is 9.64 Å². The second-order valence-corrected chi connectivity index (χ2v) is 10.4. The van der Waals surface area contributed by atoms with Crippen molar-refractivity contribution in [3.8, 4) is 28.3 Å². The first-order chi connectivity index (χ1) is 18.2. The van der Waals surface area contributed by atoms with Gasteiger partial charge in [-0.2, -0.15) is 5.10 Å². The number of H-pyrrole nitrogens is 1. The summed E-state index contributed by atoms with van der Waals surface area (Å²) in [6, 6.07) is 14.6. The molecule has 0 amide bonds. The lowest BCUT2D eigenvalue weighted by molar-refractivity contribution is 0.107. The average Bonchev–Trinajstić information content (AvgIpc) is 3.39. The van der Waals surface area contributed by atoms with Gasteiger partial charge in [0.05, 0.1) is 42.9 Å². The van der Waals surface area contributed by atoms with Crippen molar-refractivity contribution in [2.75, 3.05) is 38.3 Å². The minimum Gasteiger partial charge on any atom is -0.491 e. The van der Waals surface area contributed by atoms with Gasteiger partial charge in [-0.05, 0) is 49.7 Å². The summed E-state index contributed by atoms with van der Waals surface area (Å²) >= 11 is 0. The Morgan fingerprint density at radius 1 is 1.05 bits per heavy atom. The first-order valence-electron chi connectivity index (χ1n) is 13.1. The van der Waals surface area contributed by atoms with Gasteiger partial charge in [0.15, 0.2) is 0 Å². The van der Waals surface area contributed by atoms with Crippen LogP contribution in [0.25, 0.3) is 33.4 Å². The van der Waals surface area contributed by atoms with Gasteiger partial charge >= 0.3 is 0 Å². The molecule has 2 fully saturated rings. The van der Waals surface area contributed by atoms with E-state index in [1.807, 2.05) is 12.1 Å². The van der Waals surface area contributed by atoms with E-state index in [2.05, 4.69) is 50.2 Å². The molecule has 0 spiro atoms. The van der Waals surface area contributed by atoms with Crippen LogP contribution in [0.4, 0.5) is 10.1 Å². The number of halogens is 1. The van der Waals surface area contributed by atoms with Crippen LogP contribution in [-0.2, 0) is 11.3 Å². The number of pyridine rings is 1. The Hall–Kier alpha value is -3.49. The number of ether oxygens (including phenoxy) is 2. The Bertz CT molecular complexity index is 1460. The van der Waals surface area contributed by atoms with Crippen LogP contribution in [0.2, 0.25) is 0 Å². The molecule has 2 unspecified atom stereocenters. The number of anilines is 1. The van der Waals surface area contributed by atoms with Gasteiger partial charge in [-0.1, -0.05) is 18.2 Å². The summed E-state index contributed by atoms with van der Waals surface area (Å²) in [5.74, 6) is 0.564. The van der Waals surface area contributed by atoms with E-state index in [9.17, 15) is 0 Å². The molecule has 190 valence electrons. The maximum atomic E-state index is 15.0. The van der Waals surface area contributed by atoms with E-state index < -0.39 is 0 Å². The average molecular weight is 500 g/mol. The summed E-state index contributed by atoms with van der Waals surface area (Å²) in [4.78, 5) is 9.58. The number of nitrogens with one attached hydrogen (secondary N) is 1. The highest BCUT2D eigenvalue weighted by atomic mass is 19.1. The number of fused-ring (bicyclic) bond motifs is 8. The molecule has 7 rings (SSSR count). The monoisotopic (exact) mass is 499 g/mol. The fraction of sp³-hybridized carbons (Fsp3) is 0.379. The summed E-state index contributed by atoms with van der Waals surface area (Å²) in [5, 5.41) is 8.62. The first kappa shape index (κ1) is 22.7. The summed E-state index contributed by atoms with van der Waals surface area (Å²) in [5.41, 5.74) is 5.53. The number of nitrogens with zero attached hydrogens (tertiary/aromatic N) is 4. The highest BCUT2D eigenvalue weighted by Crippen LogP contribution is 2.39. The molecule has 0 saturated carbocycles. The van der Waals surface area contributed by atoms with Gasteiger partial charge in [-0.25, -0.2) is 4.39 Å². The number of aromatic amines is 1. The van der Waals surface area contributed by atoms with Gasteiger partial charge in [-0.15, -0.1) is 0 Å². The predicted octanol–water partition coefficient (Wildman–Crippen LogP) is 5.01. The molecule has 5 heterocycles. The number of rotatable bonds is 1. The summed E-state index contributed by atoms with van der Waals surface area (Å²) in [7, 11) is 2.25. The lowest BCUT2D eigenvalue weighted by Gasteiger charge is -2.40. The highest BCUT2D eigenvalue weighted by molar-refractivity contribution is 5.95. The van der Waals surface area contributed by atoms with Crippen molar-refractivity contribution >= 4 is 16.6 Å². The van der Waals surface area contributed by atoms with Crippen LogP contribution >= 0.6 is 0 Å². The van der Waals surface area contributed by atoms with Gasteiger partial charge in [-0.3, -0.25) is 15.0 Å². The third-order valence-corrected chi connectivity index (χ3v) is 8.17. The molecule has 4 aromatic rings. The molecule has 2 atom stereocenters. The molecule has 6 bridgehead atoms. The van der Waals surface area contributed by atoms with Gasteiger partial charge < -0.3 is 14.4 Å². The van der Waals surface area contributed by atoms with E-state index in [-0.39, 0.29) is 5.82 Å². The van der Waals surface area contributed by atoms with Crippen LogP contribution in [0.3, 0.4) is 0 Å². The molecule has 0 radical (unpaired) electrons. The molecule has 2 aromatic heterocycles. The highest BCUT2D eigenvalue weighted by Gasteiger charge is 2.38. The Labute approximate surface area is 215 Å². The molecular formula is C29H30FN5O2. The number of aromatic nitrogens is 3. The molecule has 3 aliphatic rings. The van der Waals surface area contributed by atoms with Crippen LogP contribution in [0, 0.1) is 5.82 Å². The number of hydrogen-bond acceptors (Lipinski definition) is 6. The lowest BCUT2D eigenvalue weighted by atomic mass is 10.0. The number of benzene rings is 2. The molecule has 7 nitrogen and oxygen atoms in total.